The third-order valence-electron chi connectivity index (χ3n) is 3.20. The number of hydrogen-bond acceptors (Lipinski definition) is 2. The van der Waals surface area contributed by atoms with Crippen molar-refractivity contribution in [1.82, 2.24) is 4.90 Å². The summed E-state index contributed by atoms with van der Waals surface area (Å²) in [6.45, 7) is 0.940. The third-order valence-corrected chi connectivity index (χ3v) is 3.90. The van der Waals surface area contributed by atoms with Crippen molar-refractivity contribution in [1.29, 1.82) is 0 Å². The summed E-state index contributed by atoms with van der Waals surface area (Å²) in [5, 5.41) is 9.00. The number of benzene rings is 1. The molecule has 1 fully saturated rings. The highest BCUT2D eigenvalue weighted by atomic mass is 79.9. The lowest BCUT2D eigenvalue weighted by atomic mass is 10.1. The lowest BCUT2D eigenvalue weighted by molar-refractivity contribution is 0.0715. The number of aliphatic hydroxyl groups is 1. The Morgan fingerprint density at radius 2 is 2.24 bits per heavy atom. The Hall–Kier alpha value is -0.870. The average Bonchev–Trinajstić information content (AvgIpc) is 2.78. The Morgan fingerprint density at radius 3 is 2.94 bits per heavy atom. The largest absolute Gasteiger partial charge is 0.396 e. The molecule has 1 heterocycles. The van der Waals surface area contributed by atoms with Gasteiger partial charge in [0, 0.05) is 23.7 Å². The van der Waals surface area contributed by atoms with Crippen LogP contribution in [0.1, 0.15) is 29.6 Å². The van der Waals surface area contributed by atoms with Crippen LogP contribution in [-0.2, 0) is 0 Å². The molecule has 0 aliphatic carbocycles. The zero-order valence-corrected chi connectivity index (χ0v) is 11.2. The Bertz CT molecular complexity index is 408. The van der Waals surface area contributed by atoms with Gasteiger partial charge < -0.3 is 10.0 Å². The number of likely N-dealkylation sites (tertiary alicyclic amines) is 1. The van der Waals surface area contributed by atoms with Gasteiger partial charge in [-0.2, -0.15) is 0 Å². The normalized spacial score (nSPS) is 19.6. The van der Waals surface area contributed by atoms with E-state index in [1.165, 1.54) is 0 Å². The van der Waals surface area contributed by atoms with Crippen molar-refractivity contribution in [2.45, 2.75) is 25.3 Å². The summed E-state index contributed by atoms with van der Waals surface area (Å²) in [5.41, 5.74) is 0.706. The fourth-order valence-electron chi connectivity index (χ4n) is 2.34. The maximum absolute atomic E-state index is 12.4. The molecule has 0 radical (unpaired) electrons. The first-order valence-electron chi connectivity index (χ1n) is 5.90. The van der Waals surface area contributed by atoms with Crippen LogP contribution in [0.2, 0.25) is 0 Å². The first-order chi connectivity index (χ1) is 8.24. The fourth-order valence-corrected chi connectivity index (χ4v) is 2.80. The smallest absolute Gasteiger partial charge is 0.255 e. The average molecular weight is 298 g/mol. The quantitative estimate of drug-likeness (QED) is 0.931. The van der Waals surface area contributed by atoms with Gasteiger partial charge in [0.15, 0.2) is 0 Å². The Balaban J connectivity index is 2.17. The lowest BCUT2D eigenvalue weighted by Gasteiger charge is -2.24. The predicted molar refractivity (Wildman–Crippen MR) is 69.9 cm³/mol. The number of amides is 1. The predicted octanol–water partition coefficient (Wildman–Crippen LogP) is 2.44. The van der Waals surface area contributed by atoms with E-state index in [0.717, 1.165) is 23.9 Å². The van der Waals surface area contributed by atoms with Crippen LogP contribution in [0.3, 0.4) is 0 Å². The summed E-state index contributed by atoms with van der Waals surface area (Å²) >= 11 is 3.41. The van der Waals surface area contributed by atoms with Crippen molar-refractivity contribution >= 4 is 21.8 Å². The van der Waals surface area contributed by atoms with Crippen molar-refractivity contribution in [3.63, 3.8) is 0 Å². The first kappa shape index (κ1) is 12.6. The van der Waals surface area contributed by atoms with Crippen molar-refractivity contribution in [3.05, 3.63) is 34.3 Å². The van der Waals surface area contributed by atoms with Crippen molar-refractivity contribution < 1.29 is 9.90 Å². The Labute approximate surface area is 110 Å². The van der Waals surface area contributed by atoms with Crippen LogP contribution in [0.5, 0.6) is 0 Å². The number of carbonyl (C=O) groups is 1. The third kappa shape index (κ3) is 2.69. The molecule has 1 aromatic carbocycles. The van der Waals surface area contributed by atoms with Gasteiger partial charge in [-0.3, -0.25) is 4.79 Å². The molecule has 1 saturated heterocycles. The molecule has 0 spiro atoms. The van der Waals surface area contributed by atoms with E-state index in [1.807, 2.05) is 29.2 Å². The van der Waals surface area contributed by atoms with Crippen LogP contribution in [0, 0.1) is 0 Å². The summed E-state index contributed by atoms with van der Waals surface area (Å²) in [7, 11) is 0. The summed E-state index contributed by atoms with van der Waals surface area (Å²) in [4.78, 5) is 14.3. The number of rotatable bonds is 3. The minimum atomic E-state index is 0.0634. The van der Waals surface area contributed by atoms with Gasteiger partial charge >= 0.3 is 0 Å². The Morgan fingerprint density at radius 1 is 1.47 bits per heavy atom. The highest BCUT2D eigenvalue weighted by Gasteiger charge is 2.29. The van der Waals surface area contributed by atoms with Crippen molar-refractivity contribution in [2.24, 2.45) is 0 Å². The van der Waals surface area contributed by atoms with E-state index in [2.05, 4.69) is 15.9 Å². The van der Waals surface area contributed by atoms with E-state index >= 15 is 0 Å². The van der Waals surface area contributed by atoms with Gasteiger partial charge in [0.1, 0.15) is 0 Å². The van der Waals surface area contributed by atoms with Gasteiger partial charge in [-0.15, -0.1) is 0 Å². The molecule has 1 unspecified atom stereocenters. The SMILES string of the molecule is O=C(c1ccccc1Br)N1CCCC1CCO. The summed E-state index contributed by atoms with van der Waals surface area (Å²) in [6, 6.07) is 7.68. The molecule has 1 amide bonds. The van der Waals surface area contributed by atoms with E-state index in [-0.39, 0.29) is 18.6 Å². The molecular formula is C13H16BrNO2. The highest BCUT2D eigenvalue weighted by Crippen LogP contribution is 2.25. The highest BCUT2D eigenvalue weighted by molar-refractivity contribution is 9.10. The van der Waals surface area contributed by atoms with Gasteiger partial charge in [0.2, 0.25) is 0 Å². The molecule has 4 heteroatoms. The molecule has 2 rings (SSSR count). The van der Waals surface area contributed by atoms with E-state index in [1.54, 1.807) is 0 Å². The summed E-state index contributed by atoms with van der Waals surface area (Å²) in [6.07, 6.45) is 2.70. The number of halogens is 1. The Kier molecular flexibility index (Phi) is 4.18. The maximum Gasteiger partial charge on any atom is 0.255 e. The second kappa shape index (κ2) is 5.65. The molecule has 0 saturated carbocycles. The first-order valence-corrected chi connectivity index (χ1v) is 6.69. The van der Waals surface area contributed by atoms with E-state index in [9.17, 15) is 4.79 Å². The monoisotopic (exact) mass is 297 g/mol. The van der Waals surface area contributed by atoms with Crippen molar-refractivity contribution in [3.8, 4) is 0 Å². The second-order valence-corrected chi connectivity index (χ2v) is 5.14. The van der Waals surface area contributed by atoms with Crippen LogP contribution in [0.4, 0.5) is 0 Å². The molecule has 1 atom stereocenters. The van der Waals surface area contributed by atoms with Crippen LogP contribution in [-0.4, -0.2) is 35.1 Å². The molecule has 1 N–H and O–H groups in total. The van der Waals surface area contributed by atoms with Gasteiger partial charge in [-0.05, 0) is 47.3 Å². The van der Waals surface area contributed by atoms with Gasteiger partial charge in [-0.25, -0.2) is 0 Å². The minimum Gasteiger partial charge on any atom is -0.396 e. The van der Waals surface area contributed by atoms with Crippen LogP contribution in [0.15, 0.2) is 28.7 Å². The molecule has 0 bridgehead atoms. The van der Waals surface area contributed by atoms with Gasteiger partial charge in [0.05, 0.1) is 5.56 Å². The standard InChI is InChI=1S/C13H16BrNO2/c14-12-6-2-1-5-11(12)13(17)15-8-3-4-10(15)7-9-16/h1-2,5-6,10,16H,3-4,7-9H2. The number of carbonyl (C=O) groups excluding carboxylic acids is 1. The van der Waals surface area contributed by atoms with Gasteiger partial charge in [0.25, 0.3) is 5.91 Å². The lowest BCUT2D eigenvalue weighted by Crippen LogP contribution is -2.36. The van der Waals surface area contributed by atoms with E-state index in [4.69, 9.17) is 5.11 Å². The zero-order valence-electron chi connectivity index (χ0n) is 9.60. The molecule has 92 valence electrons. The van der Waals surface area contributed by atoms with Crippen molar-refractivity contribution in [2.75, 3.05) is 13.2 Å². The molecular weight excluding hydrogens is 282 g/mol. The fraction of sp³-hybridized carbons (Fsp3) is 0.462. The molecule has 0 aromatic heterocycles. The molecule has 1 aliphatic heterocycles. The molecule has 3 nitrogen and oxygen atoms in total. The second-order valence-electron chi connectivity index (χ2n) is 4.29. The number of hydrogen-bond donors (Lipinski definition) is 1. The van der Waals surface area contributed by atoms with E-state index < -0.39 is 0 Å². The zero-order chi connectivity index (χ0) is 12.3. The molecule has 1 aliphatic rings. The van der Waals surface area contributed by atoms with E-state index in [0.29, 0.717) is 12.0 Å². The topological polar surface area (TPSA) is 40.5 Å². The number of aliphatic hydroxyl groups excluding tert-OH is 1. The number of nitrogens with zero attached hydrogens (tertiary/aromatic N) is 1. The summed E-state index contributed by atoms with van der Waals surface area (Å²) in [5.74, 6) is 0.0634. The van der Waals surface area contributed by atoms with Crippen LogP contribution >= 0.6 is 15.9 Å². The maximum atomic E-state index is 12.4. The summed E-state index contributed by atoms with van der Waals surface area (Å²) < 4.78 is 0.833. The molecule has 17 heavy (non-hydrogen) atoms. The van der Waals surface area contributed by atoms with Gasteiger partial charge in [-0.1, -0.05) is 12.1 Å². The van der Waals surface area contributed by atoms with Crippen LogP contribution in [0.25, 0.3) is 0 Å². The molecule has 1 aromatic rings. The van der Waals surface area contributed by atoms with Crippen LogP contribution < -0.4 is 0 Å². The minimum absolute atomic E-state index is 0.0634.